The van der Waals surface area contributed by atoms with Crippen molar-refractivity contribution in [1.82, 2.24) is 9.34 Å². The molecule has 160 valence electrons. The van der Waals surface area contributed by atoms with E-state index in [1.54, 1.807) is 16.3 Å². The molecule has 2 aliphatic rings. The molecule has 2 saturated heterocycles. The van der Waals surface area contributed by atoms with Crippen molar-refractivity contribution in [3.8, 4) is 11.1 Å². The van der Waals surface area contributed by atoms with E-state index in [1.807, 2.05) is 0 Å². The van der Waals surface area contributed by atoms with Crippen molar-refractivity contribution in [3.63, 3.8) is 0 Å². The monoisotopic (exact) mass is 441 g/mol. The van der Waals surface area contributed by atoms with Crippen LogP contribution in [-0.4, -0.2) is 40.4 Å². The summed E-state index contributed by atoms with van der Waals surface area (Å²) in [5.74, 6) is 0. The van der Waals surface area contributed by atoms with Gasteiger partial charge in [-0.25, -0.2) is 9.34 Å². The van der Waals surface area contributed by atoms with Crippen molar-refractivity contribution in [2.75, 3.05) is 26.2 Å². The number of alkyl halides is 3. The first-order valence-corrected chi connectivity index (χ1v) is 10.9. The van der Waals surface area contributed by atoms with E-state index < -0.39 is 30.4 Å². The van der Waals surface area contributed by atoms with Crippen molar-refractivity contribution < 1.29 is 27.2 Å². The largest absolute Gasteiger partial charge is 0.416 e. The molecule has 30 heavy (non-hydrogen) atoms. The Bertz CT molecular complexity index is 1020. The number of benzene rings is 2. The van der Waals surface area contributed by atoms with Crippen LogP contribution in [0.25, 0.3) is 11.1 Å². The smallest absolute Gasteiger partial charge is 0.298 e. The van der Waals surface area contributed by atoms with E-state index >= 15 is 0 Å². The maximum absolute atomic E-state index is 13.2. The Morgan fingerprint density at radius 2 is 1.73 bits per heavy atom. The van der Waals surface area contributed by atoms with Gasteiger partial charge in [-0.05, 0) is 42.3 Å². The van der Waals surface area contributed by atoms with E-state index in [0.717, 1.165) is 12.1 Å². The van der Waals surface area contributed by atoms with Crippen LogP contribution in [0.15, 0.2) is 42.5 Å². The fraction of sp³-hybridized carbons (Fsp3) is 0.368. The predicted octanol–water partition coefficient (Wildman–Crippen LogP) is 5.10. The van der Waals surface area contributed by atoms with Crippen LogP contribution in [0.4, 0.5) is 18.9 Å². The van der Waals surface area contributed by atoms with Gasteiger partial charge in [0.25, 0.3) is 5.69 Å². The van der Waals surface area contributed by atoms with Gasteiger partial charge in [-0.2, -0.15) is 13.2 Å². The maximum Gasteiger partial charge on any atom is 0.416 e. The Hall–Kier alpha value is -2.26. The van der Waals surface area contributed by atoms with Crippen molar-refractivity contribution in [2.24, 2.45) is 0 Å². The van der Waals surface area contributed by atoms with E-state index in [9.17, 15) is 27.9 Å². The zero-order valence-electron chi connectivity index (χ0n) is 16.0. The third-order valence-electron chi connectivity index (χ3n) is 5.05. The molecular weight excluding hydrogens is 422 g/mol. The standard InChI is InChI=1S/C19H19F3N3O4P/c1-13(29-30(28,23-7-8-23)24-9-10-24)14-5-6-18(25(26)27)17(12-14)15-3-2-4-16(11-15)19(20,21)22/h2-6,11-13H,7-10H2,1H3. The molecule has 0 saturated carbocycles. The number of nitrogens with zero attached hydrogens (tertiary/aromatic N) is 3. The minimum absolute atomic E-state index is 0.0485. The summed E-state index contributed by atoms with van der Waals surface area (Å²) in [6.45, 7) is 4.38. The second-order valence-corrected chi connectivity index (χ2v) is 9.58. The third-order valence-corrected chi connectivity index (χ3v) is 7.87. The quantitative estimate of drug-likeness (QED) is 0.258. The third kappa shape index (κ3) is 4.13. The van der Waals surface area contributed by atoms with Gasteiger partial charge < -0.3 is 0 Å². The average Bonchev–Trinajstić information content (AvgIpc) is 3.57. The molecule has 0 bridgehead atoms. The highest BCUT2D eigenvalue weighted by Crippen LogP contribution is 2.63. The number of hydrogen-bond donors (Lipinski definition) is 0. The molecule has 0 aromatic heterocycles. The lowest BCUT2D eigenvalue weighted by atomic mass is 9.97. The van der Waals surface area contributed by atoms with Crippen LogP contribution in [0, 0.1) is 10.1 Å². The lowest BCUT2D eigenvalue weighted by Crippen LogP contribution is -2.10. The first kappa shape index (κ1) is 21.0. The molecule has 11 heteroatoms. The lowest BCUT2D eigenvalue weighted by molar-refractivity contribution is -0.384. The molecule has 2 fully saturated rings. The normalized spacial score (nSPS) is 18.3. The number of halogens is 3. The van der Waals surface area contributed by atoms with E-state index in [1.165, 1.54) is 30.3 Å². The maximum atomic E-state index is 13.2. The second kappa shape index (κ2) is 7.46. The van der Waals surface area contributed by atoms with Gasteiger partial charge in [-0.3, -0.25) is 19.2 Å². The Labute approximate surface area is 170 Å². The van der Waals surface area contributed by atoms with E-state index in [4.69, 9.17) is 4.52 Å². The topological polar surface area (TPSA) is 75.5 Å². The molecule has 0 spiro atoms. The molecule has 2 aromatic carbocycles. The second-order valence-electron chi connectivity index (χ2n) is 7.26. The number of hydrogen-bond acceptors (Lipinski definition) is 4. The minimum Gasteiger partial charge on any atom is -0.298 e. The summed E-state index contributed by atoms with van der Waals surface area (Å²) < 4.78 is 61.9. The lowest BCUT2D eigenvalue weighted by Gasteiger charge is -2.24. The van der Waals surface area contributed by atoms with Crippen molar-refractivity contribution in [1.29, 1.82) is 0 Å². The number of nitro benzene ring substituents is 1. The number of rotatable bonds is 7. The van der Waals surface area contributed by atoms with Crippen LogP contribution in [0.5, 0.6) is 0 Å². The molecule has 0 N–H and O–H groups in total. The number of nitro groups is 1. The van der Waals surface area contributed by atoms with Gasteiger partial charge in [0, 0.05) is 32.2 Å². The van der Waals surface area contributed by atoms with E-state index in [-0.39, 0.29) is 16.8 Å². The van der Waals surface area contributed by atoms with E-state index in [0.29, 0.717) is 31.7 Å². The molecule has 7 nitrogen and oxygen atoms in total. The predicted molar refractivity (Wildman–Crippen MR) is 104 cm³/mol. The Morgan fingerprint density at radius 1 is 1.10 bits per heavy atom. The molecular formula is C19H19F3N3O4P. The molecule has 0 amide bonds. The SMILES string of the molecule is CC(OP(=O)(N1CC1)N1CC1)c1ccc([N+](=O)[O-])c(-c2cccc(C(F)(F)F)c2)c1. The van der Waals surface area contributed by atoms with Crippen LogP contribution < -0.4 is 0 Å². The van der Waals surface area contributed by atoms with Gasteiger partial charge in [0.05, 0.1) is 22.2 Å². The van der Waals surface area contributed by atoms with Crippen LogP contribution in [0.3, 0.4) is 0 Å². The zero-order valence-corrected chi connectivity index (χ0v) is 16.9. The molecule has 0 radical (unpaired) electrons. The van der Waals surface area contributed by atoms with Crippen molar-refractivity contribution in [3.05, 3.63) is 63.7 Å². The van der Waals surface area contributed by atoms with E-state index in [2.05, 4.69) is 0 Å². The van der Waals surface area contributed by atoms with Crippen LogP contribution in [-0.2, 0) is 15.3 Å². The Kier molecular flexibility index (Phi) is 5.22. The Morgan fingerprint density at radius 3 is 2.27 bits per heavy atom. The van der Waals surface area contributed by atoms with Gasteiger partial charge in [0.1, 0.15) is 0 Å². The molecule has 4 rings (SSSR count). The van der Waals surface area contributed by atoms with Gasteiger partial charge in [-0.1, -0.05) is 12.1 Å². The zero-order chi connectivity index (χ0) is 21.7. The summed E-state index contributed by atoms with van der Waals surface area (Å²) >= 11 is 0. The van der Waals surface area contributed by atoms with Gasteiger partial charge in [0.15, 0.2) is 0 Å². The average molecular weight is 441 g/mol. The highest BCUT2D eigenvalue weighted by Gasteiger charge is 2.50. The highest BCUT2D eigenvalue weighted by atomic mass is 31.2. The Balaban J connectivity index is 1.70. The summed E-state index contributed by atoms with van der Waals surface area (Å²) in [5, 5.41) is 11.5. The van der Waals surface area contributed by atoms with Crippen LogP contribution in [0.2, 0.25) is 0 Å². The molecule has 1 unspecified atom stereocenters. The van der Waals surface area contributed by atoms with Crippen LogP contribution in [0.1, 0.15) is 24.2 Å². The highest BCUT2D eigenvalue weighted by molar-refractivity contribution is 7.54. The molecule has 1 atom stereocenters. The fourth-order valence-electron chi connectivity index (χ4n) is 3.23. The fourth-order valence-corrected chi connectivity index (χ4v) is 5.58. The molecule has 2 aromatic rings. The van der Waals surface area contributed by atoms with Gasteiger partial charge in [-0.15, -0.1) is 0 Å². The van der Waals surface area contributed by atoms with Crippen molar-refractivity contribution in [2.45, 2.75) is 19.2 Å². The van der Waals surface area contributed by atoms with Gasteiger partial charge in [0.2, 0.25) is 0 Å². The first-order chi connectivity index (χ1) is 14.1. The van der Waals surface area contributed by atoms with Gasteiger partial charge >= 0.3 is 13.8 Å². The summed E-state index contributed by atoms with van der Waals surface area (Å²) in [6, 6.07) is 8.56. The summed E-state index contributed by atoms with van der Waals surface area (Å²) in [7, 11) is -3.13. The summed E-state index contributed by atoms with van der Waals surface area (Å²) in [5.41, 5.74) is -0.586. The first-order valence-electron chi connectivity index (χ1n) is 9.35. The summed E-state index contributed by atoms with van der Waals surface area (Å²) in [6.07, 6.45) is -5.23. The molecule has 2 aliphatic heterocycles. The minimum atomic E-state index is -4.57. The summed E-state index contributed by atoms with van der Waals surface area (Å²) in [4.78, 5) is 10.8. The molecule has 0 aliphatic carbocycles. The van der Waals surface area contributed by atoms with Crippen LogP contribution >= 0.6 is 7.67 Å². The van der Waals surface area contributed by atoms with Crippen molar-refractivity contribution >= 4 is 13.4 Å². The molecule has 2 heterocycles.